The van der Waals surface area contributed by atoms with Crippen LogP contribution in [-0.4, -0.2) is 35.4 Å². The summed E-state index contributed by atoms with van der Waals surface area (Å²) < 4.78 is 52.9. The molecule has 1 aromatic rings. The summed E-state index contributed by atoms with van der Waals surface area (Å²) in [6.07, 6.45) is 0. The molecular weight excluding hydrogens is 282 g/mol. The molecule has 1 amide bonds. The fourth-order valence-corrected chi connectivity index (χ4v) is 1.49. The van der Waals surface area contributed by atoms with Gasteiger partial charge in [-0.2, -0.15) is 17.6 Å². The van der Waals surface area contributed by atoms with Crippen LogP contribution in [0.3, 0.4) is 0 Å². The Morgan fingerprint density at radius 2 is 1.60 bits per heavy atom. The SMILES string of the molecule is CCN(C(=O)C(F)(F)C(F)(F)C(=O)O)c1ccccc1. The largest absolute Gasteiger partial charge is 0.477 e. The quantitative estimate of drug-likeness (QED) is 0.848. The predicted molar refractivity (Wildman–Crippen MR) is 62.0 cm³/mol. The maximum Gasteiger partial charge on any atom is 0.413 e. The molecule has 0 heterocycles. The van der Waals surface area contributed by atoms with E-state index in [2.05, 4.69) is 0 Å². The van der Waals surface area contributed by atoms with Crippen molar-refractivity contribution >= 4 is 17.6 Å². The molecule has 0 unspecified atom stereocenters. The molecule has 0 saturated carbocycles. The molecular formula is C12H11F4NO3. The number of nitrogens with zero attached hydrogens (tertiary/aromatic N) is 1. The molecule has 0 aliphatic heterocycles. The third kappa shape index (κ3) is 2.59. The number of halogens is 4. The summed E-state index contributed by atoms with van der Waals surface area (Å²) in [4.78, 5) is 22.2. The van der Waals surface area contributed by atoms with E-state index in [9.17, 15) is 27.2 Å². The number of benzene rings is 1. The zero-order valence-electron chi connectivity index (χ0n) is 10.3. The summed E-state index contributed by atoms with van der Waals surface area (Å²) in [5, 5.41) is 8.15. The predicted octanol–water partition coefficient (Wildman–Crippen LogP) is 2.39. The van der Waals surface area contributed by atoms with E-state index < -0.39 is 23.7 Å². The number of hydrogen-bond acceptors (Lipinski definition) is 2. The highest BCUT2D eigenvalue weighted by molar-refractivity contribution is 6.02. The summed E-state index contributed by atoms with van der Waals surface area (Å²) in [5.74, 6) is -16.1. The number of rotatable bonds is 5. The number of carbonyl (C=O) groups excluding carboxylic acids is 1. The van der Waals surface area contributed by atoms with Crippen LogP contribution in [0.2, 0.25) is 0 Å². The number of aliphatic carboxylic acids is 1. The normalized spacial score (nSPS) is 12.1. The monoisotopic (exact) mass is 293 g/mol. The van der Waals surface area contributed by atoms with E-state index >= 15 is 0 Å². The van der Waals surface area contributed by atoms with Gasteiger partial charge < -0.3 is 10.0 Å². The van der Waals surface area contributed by atoms with Crippen LogP contribution in [-0.2, 0) is 9.59 Å². The smallest absolute Gasteiger partial charge is 0.413 e. The average Bonchev–Trinajstić information content (AvgIpc) is 2.40. The lowest BCUT2D eigenvalue weighted by atomic mass is 10.1. The number of amides is 1. The Bertz CT molecular complexity index is 505. The third-order valence-electron chi connectivity index (χ3n) is 2.56. The topological polar surface area (TPSA) is 57.6 Å². The Kier molecular flexibility index (Phi) is 4.36. The van der Waals surface area contributed by atoms with Gasteiger partial charge in [-0.1, -0.05) is 18.2 Å². The maximum atomic E-state index is 13.4. The summed E-state index contributed by atoms with van der Waals surface area (Å²) in [5.41, 5.74) is -0.0270. The lowest BCUT2D eigenvalue weighted by molar-refractivity contribution is -0.220. The lowest BCUT2D eigenvalue weighted by Crippen LogP contribution is -2.57. The molecule has 0 aromatic heterocycles. The highest BCUT2D eigenvalue weighted by Crippen LogP contribution is 2.37. The molecule has 8 heteroatoms. The number of alkyl halides is 4. The average molecular weight is 293 g/mol. The Balaban J connectivity index is 3.18. The number of carboxylic acid groups (broad SMARTS) is 1. The molecule has 1 N–H and O–H groups in total. The van der Waals surface area contributed by atoms with Crippen molar-refractivity contribution in [2.75, 3.05) is 11.4 Å². The van der Waals surface area contributed by atoms with Crippen molar-refractivity contribution in [2.24, 2.45) is 0 Å². The summed E-state index contributed by atoms with van der Waals surface area (Å²) in [7, 11) is 0. The van der Waals surface area contributed by atoms with Crippen molar-refractivity contribution in [3.63, 3.8) is 0 Å². The molecule has 0 fully saturated rings. The summed E-state index contributed by atoms with van der Waals surface area (Å²) >= 11 is 0. The Labute approximate surface area is 111 Å². The molecule has 0 aliphatic rings. The minimum absolute atomic E-state index is 0.0270. The van der Waals surface area contributed by atoms with Gasteiger partial charge in [-0.3, -0.25) is 4.79 Å². The van der Waals surface area contributed by atoms with Crippen LogP contribution in [0.5, 0.6) is 0 Å². The molecule has 0 saturated heterocycles. The standard InChI is InChI=1S/C12H11F4NO3/c1-2-17(8-6-4-3-5-7-8)9(18)11(13,14)12(15,16)10(19)20/h3-7H,2H2,1H3,(H,19,20). The minimum atomic E-state index is -5.48. The molecule has 0 atom stereocenters. The minimum Gasteiger partial charge on any atom is -0.477 e. The zero-order chi connectivity index (χ0) is 15.6. The number of anilines is 1. The highest BCUT2D eigenvalue weighted by atomic mass is 19.3. The molecule has 0 aliphatic carbocycles. The molecule has 110 valence electrons. The fourth-order valence-electron chi connectivity index (χ4n) is 1.49. The van der Waals surface area contributed by atoms with Gasteiger partial charge in [0.05, 0.1) is 0 Å². The molecule has 0 spiro atoms. The second-order valence-electron chi connectivity index (χ2n) is 3.84. The van der Waals surface area contributed by atoms with Crippen LogP contribution in [0, 0.1) is 0 Å². The van der Waals surface area contributed by atoms with Crippen molar-refractivity contribution in [1.82, 2.24) is 0 Å². The molecule has 1 aromatic carbocycles. The number of hydrogen-bond donors (Lipinski definition) is 1. The molecule has 4 nitrogen and oxygen atoms in total. The second-order valence-corrected chi connectivity index (χ2v) is 3.84. The highest BCUT2D eigenvalue weighted by Gasteiger charge is 2.68. The van der Waals surface area contributed by atoms with Crippen molar-refractivity contribution in [3.8, 4) is 0 Å². The number of carbonyl (C=O) groups is 2. The summed E-state index contributed by atoms with van der Waals surface area (Å²) in [6, 6.07) is 6.95. The Morgan fingerprint density at radius 1 is 1.10 bits per heavy atom. The van der Waals surface area contributed by atoms with Crippen LogP contribution in [0.15, 0.2) is 30.3 Å². The van der Waals surface area contributed by atoms with E-state index in [4.69, 9.17) is 5.11 Å². The first kappa shape index (κ1) is 15.9. The molecule has 0 bridgehead atoms. The van der Waals surface area contributed by atoms with Gasteiger partial charge in [0.1, 0.15) is 0 Å². The van der Waals surface area contributed by atoms with Gasteiger partial charge in [-0.15, -0.1) is 0 Å². The summed E-state index contributed by atoms with van der Waals surface area (Å²) in [6.45, 7) is 0.994. The second kappa shape index (κ2) is 5.48. The molecule has 20 heavy (non-hydrogen) atoms. The van der Waals surface area contributed by atoms with Gasteiger partial charge in [0.15, 0.2) is 0 Å². The van der Waals surface area contributed by atoms with Crippen LogP contribution in [0.25, 0.3) is 0 Å². The first-order chi connectivity index (χ1) is 9.16. The van der Waals surface area contributed by atoms with Crippen LogP contribution in [0.1, 0.15) is 6.92 Å². The van der Waals surface area contributed by atoms with E-state index in [0.29, 0.717) is 4.90 Å². The van der Waals surface area contributed by atoms with Gasteiger partial charge in [-0.25, -0.2) is 4.79 Å². The van der Waals surface area contributed by atoms with Crippen molar-refractivity contribution in [3.05, 3.63) is 30.3 Å². The van der Waals surface area contributed by atoms with Crippen molar-refractivity contribution < 1.29 is 32.3 Å². The Morgan fingerprint density at radius 3 is 2.00 bits per heavy atom. The zero-order valence-corrected chi connectivity index (χ0v) is 10.3. The molecule has 1 rings (SSSR count). The van der Waals surface area contributed by atoms with Crippen LogP contribution < -0.4 is 4.90 Å². The maximum absolute atomic E-state index is 13.4. The van der Waals surface area contributed by atoms with Crippen molar-refractivity contribution in [1.29, 1.82) is 0 Å². The van der Waals surface area contributed by atoms with E-state index in [-0.39, 0.29) is 12.2 Å². The van der Waals surface area contributed by atoms with Gasteiger partial charge in [-0.05, 0) is 19.1 Å². The van der Waals surface area contributed by atoms with Gasteiger partial charge >= 0.3 is 23.7 Å². The van der Waals surface area contributed by atoms with E-state index in [1.165, 1.54) is 31.2 Å². The van der Waals surface area contributed by atoms with Gasteiger partial charge in [0.2, 0.25) is 0 Å². The number of carboxylic acids is 1. The third-order valence-corrected chi connectivity index (χ3v) is 2.56. The van der Waals surface area contributed by atoms with Crippen LogP contribution in [0.4, 0.5) is 23.2 Å². The Hall–Kier alpha value is -2.12. The number of para-hydroxylation sites is 1. The van der Waals surface area contributed by atoms with Crippen molar-refractivity contribution in [2.45, 2.75) is 18.8 Å². The van der Waals surface area contributed by atoms with Gasteiger partial charge in [0.25, 0.3) is 0 Å². The van der Waals surface area contributed by atoms with E-state index in [1.807, 2.05) is 0 Å². The van der Waals surface area contributed by atoms with Crippen LogP contribution >= 0.6 is 0 Å². The van der Waals surface area contributed by atoms with E-state index in [1.54, 1.807) is 6.07 Å². The van der Waals surface area contributed by atoms with Gasteiger partial charge in [0, 0.05) is 12.2 Å². The first-order valence-electron chi connectivity index (χ1n) is 5.52. The first-order valence-corrected chi connectivity index (χ1v) is 5.52. The fraction of sp³-hybridized carbons (Fsp3) is 0.333. The lowest BCUT2D eigenvalue weighted by Gasteiger charge is -2.28. The molecule has 0 radical (unpaired) electrons. The van der Waals surface area contributed by atoms with E-state index in [0.717, 1.165) is 0 Å².